The van der Waals surface area contributed by atoms with E-state index in [0.717, 1.165) is 13.0 Å². The van der Waals surface area contributed by atoms with Gasteiger partial charge in [-0.15, -0.1) is 0 Å². The van der Waals surface area contributed by atoms with Gasteiger partial charge >= 0.3 is 5.97 Å². The number of aromatic carboxylic acids is 1. The van der Waals surface area contributed by atoms with E-state index in [1.54, 1.807) is 6.07 Å². The lowest BCUT2D eigenvalue weighted by atomic mass is 10.0. The fourth-order valence-electron chi connectivity index (χ4n) is 2.66. The van der Waals surface area contributed by atoms with Crippen LogP contribution in [0.4, 0.5) is 0 Å². The van der Waals surface area contributed by atoms with Gasteiger partial charge in [0.05, 0.1) is 12.6 Å². The third kappa shape index (κ3) is 2.28. The highest BCUT2D eigenvalue weighted by Gasteiger charge is 2.35. The van der Waals surface area contributed by atoms with Gasteiger partial charge in [0.25, 0.3) is 0 Å². The van der Waals surface area contributed by atoms with Crippen LogP contribution in [0.3, 0.4) is 0 Å². The van der Waals surface area contributed by atoms with Gasteiger partial charge in [0.1, 0.15) is 5.76 Å². The van der Waals surface area contributed by atoms with Crippen LogP contribution in [0.25, 0.3) is 0 Å². The Labute approximate surface area is 106 Å². The molecular weight excluding hydrogens is 234 g/mol. The summed E-state index contributed by atoms with van der Waals surface area (Å²) in [4.78, 5) is 13.0. The number of aliphatic hydroxyl groups is 1. The molecule has 1 saturated heterocycles. The van der Waals surface area contributed by atoms with E-state index >= 15 is 0 Å². The van der Waals surface area contributed by atoms with Gasteiger partial charge in [-0.1, -0.05) is 6.92 Å². The normalized spacial score (nSPS) is 26.4. The van der Waals surface area contributed by atoms with Gasteiger partial charge < -0.3 is 14.6 Å². The van der Waals surface area contributed by atoms with E-state index in [2.05, 4.69) is 11.8 Å². The zero-order valence-electron chi connectivity index (χ0n) is 10.7. The van der Waals surface area contributed by atoms with Crippen LogP contribution in [0.5, 0.6) is 0 Å². The van der Waals surface area contributed by atoms with Crippen LogP contribution in [0.1, 0.15) is 42.6 Å². The van der Waals surface area contributed by atoms with E-state index in [1.807, 2.05) is 6.92 Å². The summed E-state index contributed by atoms with van der Waals surface area (Å²) in [5, 5.41) is 18.3. The highest BCUT2D eigenvalue weighted by atomic mass is 16.4. The Bertz CT molecular complexity index is 428. The number of likely N-dealkylation sites (tertiary alicyclic amines) is 1. The fraction of sp³-hybridized carbons (Fsp3) is 0.615. The molecule has 3 atom stereocenters. The zero-order valence-corrected chi connectivity index (χ0v) is 10.7. The molecule has 0 aliphatic carbocycles. The third-order valence-electron chi connectivity index (χ3n) is 3.86. The van der Waals surface area contributed by atoms with E-state index in [4.69, 9.17) is 9.52 Å². The minimum absolute atomic E-state index is 0.0137. The average molecular weight is 253 g/mol. The highest BCUT2D eigenvalue weighted by molar-refractivity contribution is 5.84. The van der Waals surface area contributed by atoms with E-state index in [1.165, 1.54) is 6.07 Å². The van der Waals surface area contributed by atoms with Crippen molar-refractivity contribution in [3.05, 3.63) is 23.7 Å². The maximum Gasteiger partial charge on any atom is 0.371 e. The molecule has 2 rings (SSSR count). The maximum atomic E-state index is 10.8. The minimum Gasteiger partial charge on any atom is -0.475 e. The van der Waals surface area contributed by atoms with Gasteiger partial charge in [0.2, 0.25) is 5.76 Å². The van der Waals surface area contributed by atoms with E-state index in [0.29, 0.717) is 11.7 Å². The van der Waals surface area contributed by atoms with Crippen LogP contribution in [-0.4, -0.2) is 40.3 Å². The molecule has 1 aromatic heterocycles. The molecule has 0 spiro atoms. The molecule has 1 aliphatic rings. The number of hydrogen-bond acceptors (Lipinski definition) is 4. The molecule has 0 bridgehead atoms. The lowest BCUT2D eigenvalue weighted by molar-refractivity contribution is 0.0648. The maximum absolute atomic E-state index is 10.8. The Morgan fingerprint density at radius 3 is 2.89 bits per heavy atom. The Balaban J connectivity index is 2.15. The molecule has 2 N–H and O–H groups in total. The van der Waals surface area contributed by atoms with E-state index < -0.39 is 5.97 Å². The number of furan rings is 1. The predicted octanol–water partition coefficient (Wildman–Crippen LogP) is 1.74. The molecule has 0 radical (unpaired) electrons. The standard InChI is InChI=1S/C13H19NO4/c1-8-5-6-14(10(8)7-15)9(2)11-3-4-12(18-11)13(16)17/h3-4,8-10,15H,5-7H2,1-2H3,(H,16,17). The summed E-state index contributed by atoms with van der Waals surface area (Å²) >= 11 is 0. The molecule has 1 aromatic rings. The Morgan fingerprint density at radius 2 is 2.33 bits per heavy atom. The minimum atomic E-state index is -1.05. The number of aliphatic hydroxyl groups excluding tert-OH is 1. The van der Waals surface area contributed by atoms with Gasteiger partial charge in [0.15, 0.2) is 0 Å². The Morgan fingerprint density at radius 1 is 1.61 bits per heavy atom. The summed E-state index contributed by atoms with van der Waals surface area (Å²) in [5.41, 5.74) is 0. The van der Waals surface area contributed by atoms with Crippen LogP contribution in [-0.2, 0) is 0 Å². The molecule has 3 unspecified atom stereocenters. The van der Waals surface area contributed by atoms with Crippen LogP contribution < -0.4 is 0 Å². The number of rotatable bonds is 4. The van der Waals surface area contributed by atoms with Crippen molar-refractivity contribution in [1.82, 2.24) is 4.90 Å². The predicted molar refractivity (Wildman–Crippen MR) is 65.4 cm³/mol. The van der Waals surface area contributed by atoms with Crippen LogP contribution >= 0.6 is 0 Å². The second-order valence-corrected chi connectivity index (χ2v) is 4.94. The third-order valence-corrected chi connectivity index (χ3v) is 3.86. The van der Waals surface area contributed by atoms with Crippen molar-refractivity contribution in [2.75, 3.05) is 13.2 Å². The van der Waals surface area contributed by atoms with E-state index in [9.17, 15) is 9.90 Å². The molecule has 0 saturated carbocycles. The summed E-state index contributed by atoms with van der Waals surface area (Å²) in [5.74, 6) is -0.00195. The summed E-state index contributed by atoms with van der Waals surface area (Å²) in [6.45, 7) is 5.12. The molecule has 18 heavy (non-hydrogen) atoms. The van der Waals surface area contributed by atoms with Crippen molar-refractivity contribution < 1.29 is 19.4 Å². The van der Waals surface area contributed by atoms with E-state index in [-0.39, 0.29) is 24.5 Å². The van der Waals surface area contributed by atoms with Gasteiger partial charge in [-0.2, -0.15) is 0 Å². The number of carboxylic acid groups (broad SMARTS) is 1. The molecule has 2 heterocycles. The lowest BCUT2D eigenvalue weighted by Gasteiger charge is -2.29. The Kier molecular flexibility index (Phi) is 3.73. The molecule has 100 valence electrons. The first-order valence-electron chi connectivity index (χ1n) is 6.24. The lowest BCUT2D eigenvalue weighted by Crippen LogP contribution is -2.36. The molecular formula is C13H19NO4. The molecule has 5 nitrogen and oxygen atoms in total. The summed E-state index contributed by atoms with van der Waals surface area (Å²) < 4.78 is 5.32. The van der Waals surface area contributed by atoms with Crippen molar-refractivity contribution >= 4 is 5.97 Å². The summed E-state index contributed by atoms with van der Waals surface area (Å²) in [6, 6.07) is 3.28. The number of nitrogens with zero attached hydrogens (tertiary/aromatic N) is 1. The smallest absolute Gasteiger partial charge is 0.371 e. The largest absolute Gasteiger partial charge is 0.475 e. The number of hydrogen-bond donors (Lipinski definition) is 2. The first-order chi connectivity index (χ1) is 8.54. The van der Waals surface area contributed by atoms with Crippen LogP contribution in [0.2, 0.25) is 0 Å². The van der Waals surface area contributed by atoms with Crippen LogP contribution in [0, 0.1) is 5.92 Å². The van der Waals surface area contributed by atoms with Gasteiger partial charge in [-0.05, 0) is 37.9 Å². The molecule has 1 aliphatic heterocycles. The fourth-order valence-corrected chi connectivity index (χ4v) is 2.66. The summed E-state index contributed by atoms with van der Waals surface area (Å²) in [6.07, 6.45) is 1.04. The highest BCUT2D eigenvalue weighted by Crippen LogP contribution is 2.32. The SMILES string of the molecule is CC1CCN(C(C)c2ccc(C(=O)O)o2)C1CO. The van der Waals surface area contributed by atoms with Crippen molar-refractivity contribution in [3.63, 3.8) is 0 Å². The van der Waals surface area contributed by atoms with Gasteiger partial charge in [-0.3, -0.25) is 4.90 Å². The molecule has 1 fully saturated rings. The molecule has 5 heteroatoms. The number of carboxylic acids is 1. The first kappa shape index (κ1) is 13.1. The second-order valence-electron chi connectivity index (χ2n) is 4.94. The zero-order chi connectivity index (χ0) is 13.3. The summed E-state index contributed by atoms with van der Waals surface area (Å²) in [7, 11) is 0. The first-order valence-corrected chi connectivity index (χ1v) is 6.24. The monoisotopic (exact) mass is 253 g/mol. The van der Waals surface area contributed by atoms with Crippen molar-refractivity contribution in [3.8, 4) is 0 Å². The topological polar surface area (TPSA) is 73.9 Å². The molecule has 0 aromatic carbocycles. The quantitative estimate of drug-likeness (QED) is 0.855. The second kappa shape index (κ2) is 5.12. The van der Waals surface area contributed by atoms with Crippen molar-refractivity contribution in [1.29, 1.82) is 0 Å². The number of carbonyl (C=O) groups is 1. The Hall–Kier alpha value is -1.33. The molecule has 0 amide bonds. The van der Waals surface area contributed by atoms with Gasteiger partial charge in [-0.25, -0.2) is 4.79 Å². The van der Waals surface area contributed by atoms with Crippen molar-refractivity contribution in [2.24, 2.45) is 5.92 Å². The van der Waals surface area contributed by atoms with Crippen molar-refractivity contribution in [2.45, 2.75) is 32.4 Å². The van der Waals surface area contributed by atoms with Crippen LogP contribution in [0.15, 0.2) is 16.5 Å². The van der Waals surface area contributed by atoms with Gasteiger partial charge in [0, 0.05) is 6.04 Å². The average Bonchev–Trinajstić information content (AvgIpc) is 2.94.